The summed E-state index contributed by atoms with van der Waals surface area (Å²) in [7, 11) is 0. The molecule has 0 atom stereocenters. The summed E-state index contributed by atoms with van der Waals surface area (Å²) in [5.74, 6) is 0.753. The number of aliphatic hydroxyl groups is 1. The molecule has 1 aromatic rings. The Labute approximate surface area is 83.4 Å². The lowest BCUT2D eigenvalue weighted by Crippen LogP contribution is -2.39. The van der Waals surface area contributed by atoms with Crippen molar-refractivity contribution >= 4 is 5.82 Å². The molecule has 2 N–H and O–H groups in total. The van der Waals surface area contributed by atoms with E-state index in [1.165, 1.54) is 12.8 Å². The summed E-state index contributed by atoms with van der Waals surface area (Å²) in [6.07, 6.45) is 9.37. The molecule has 0 radical (unpaired) electrons. The minimum Gasteiger partial charge on any atom is -0.394 e. The Morgan fingerprint density at radius 3 is 2.71 bits per heavy atom. The average molecular weight is 193 g/mol. The zero-order chi connectivity index (χ0) is 9.86. The topological polar surface area (TPSA) is 58.0 Å². The number of nitrogens with one attached hydrogen (secondary N) is 1. The molecule has 1 fully saturated rings. The predicted molar refractivity (Wildman–Crippen MR) is 53.9 cm³/mol. The van der Waals surface area contributed by atoms with Gasteiger partial charge in [-0.15, -0.1) is 0 Å². The smallest absolute Gasteiger partial charge is 0.144 e. The number of anilines is 1. The van der Waals surface area contributed by atoms with E-state index >= 15 is 0 Å². The van der Waals surface area contributed by atoms with Crippen LogP contribution in [0.25, 0.3) is 0 Å². The fraction of sp³-hybridized carbons (Fsp3) is 0.600. The van der Waals surface area contributed by atoms with Crippen molar-refractivity contribution < 1.29 is 5.11 Å². The zero-order valence-electron chi connectivity index (χ0n) is 8.11. The van der Waals surface area contributed by atoms with Crippen LogP contribution >= 0.6 is 0 Å². The third kappa shape index (κ3) is 1.85. The van der Waals surface area contributed by atoms with Gasteiger partial charge in [0.05, 0.1) is 18.3 Å². The van der Waals surface area contributed by atoms with Gasteiger partial charge in [-0.25, -0.2) is 4.98 Å². The van der Waals surface area contributed by atoms with Crippen LogP contribution in [0.5, 0.6) is 0 Å². The molecule has 2 rings (SSSR count). The first-order chi connectivity index (χ1) is 6.85. The van der Waals surface area contributed by atoms with Crippen molar-refractivity contribution in [2.24, 2.45) is 0 Å². The van der Waals surface area contributed by atoms with Gasteiger partial charge in [0, 0.05) is 12.4 Å². The summed E-state index contributed by atoms with van der Waals surface area (Å²) in [5.41, 5.74) is -0.157. The van der Waals surface area contributed by atoms with Crippen LogP contribution in [-0.2, 0) is 0 Å². The summed E-state index contributed by atoms with van der Waals surface area (Å²) >= 11 is 0. The number of rotatable bonds is 3. The van der Waals surface area contributed by atoms with Crippen LogP contribution in [0.2, 0.25) is 0 Å². The second-order valence-corrected chi connectivity index (χ2v) is 3.86. The van der Waals surface area contributed by atoms with E-state index < -0.39 is 0 Å². The molecule has 1 saturated carbocycles. The molecule has 0 bridgehead atoms. The van der Waals surface area contributed by atoms with E-state index in [9.17, 15) is 5.11 Å². The van der Waals surface area contributed by atoms with E-state index in [1.807, 2.05) is 0 Å². The van der Waals surface area contributed by atoms with Gasteiger partial charge in [0.1, 0.15) is 5.82 Å². The van der Waals surface area contributed by atoms with E-state index in [-0.39, 0.29) is 12.1 Å². The van der Waals surface area contributed by atoms with Gasteiger partial charge in [-0.05, 0) is 12.8 Å². The molecule has 4 nitrogen and oxygen atoms in total. The lowest BCUT2D eigenvalue weighted by Gasteiger charge is -2.28. The number of aromatic nitrogens is 2. The Balaban J connectivity index is 2.08. The van der Waals surface area contributed by atoms with Gasteiger partial charge in [0.2, 0.25) is 0 Å². The molecule has 0 unspecified atom stereocenters. The van der Waals surface area contributed by atoms with E-state index in [0.29, 0.717) is 0 Å². The SMILES string of the molecule is OCC1(Nc2cnccn2)CCCC1. The monoisotopic (exact) mass is 193 g/mol. The fourth-order valence-corrected chi connectivity index (χ4v) is 2.01. The van der Waals surface area contributed by atoms with Crippen molar-refractivity contribution in [1.82, 2.24) is 9.97 Å². The highest BCUT2D eigenvalue weighted by atomic mass is 16.3. The van der Waals surface area contributed by atoms with Crippen molar-refractivity contribution in [2.45, 2.75) is 31.2 Å². The van der Waals surface area contributed by atoms with Gasteiger partial charge in [0.25, 0.3) is 0 Å². The lowest BCUT2D eigenvalue weighted by molar-refractivity contribution is 0.214. The molecule has 0 saturated heterocycles. The van der Waals surface area contributed by atoms with Gasteiger partial charge in [-0.3, -0.25) is 4.98 Å². The highest BCUT2D eigenvalue weighted by Gasteiger charge is 2.33. The summed E-state index contributed by atoms with van der Waals surface area (Å²) in [4.78, 5) is 8.14. The van der Waals surface area contributed by atoms with E-state index in [0.717, 1.165) is 18.7 Å². The normalized spacial score (nSPS) is 19.5. The molecule has 0 aliphatic heterocycles. The molecule has 1 aliphatic rings. The Morgan fingerprint density at radius 2 is 2.14 bits per heavy atom. The number of aliphatic hydroxyl groups excluding tert-OH is 1. The highest BCUT2D eigenvalue weighted by Crippen LogP contribution is 2.31. The Hall–Kier alpha value is -1.16. The molecule has 1 aliphatic carbocycles. The second-order valence-electron chi connectivity index (χ2n) is 3.86. The van der Waals surface area contributed by atoms with Crippen LogP contribution in [0.15, 0.2) is 18.6 Å². The molecule has 76 valence electrons. The largest absolute Gasteiger partial charge is 0.394 e. The van der Waals surface area contributed by atoms with Crippen LogP contribution in [0.3, 0.4) is 0 Å². The average Bonchev–Trinajstić information content (AvgIpc) is 2.69. The summed E-state index contributed by atoms with van der Waals surface area (Å²) in [6, 6.07) is 0. The Morgan fingerprint density at radius 1 is 1.36 bits per heavy atom. The van der Waals surface area contributed by atoms with Gasteiger partial charge in [-0.2, -0.15) is 0 Å². The Bertz CT molecular complexity index is 283. The van der Waals surface area contributed by atoms with Gasteiger partial charge >= 0.3 is 0 Å². The molecule has 14 heavy (non-hydrogen) atoms. The first kappa shape index (κ1) is 9.40. The summed E-state index contributed by atoms with van der Waals surface area (Å²) < 4.78 is 0. The van der Waals surface area contributed by atoms with E-state index in [1.54, 1.807) is 18.6 Å². The summed E-state index contributed by atoms with van der Waals surface area (Å²) in [5, 5.41) is 12.6. The number of hydrogen-bond acceptors (Lipinski definition) is 4. The van der Waals surface area contributed by atoms with E-state index in [2.05, 4.69) is 15.3 Å². The fourth-order valence-electron chi connectivity index (χ4n) is 2.01. The Kier molecular flexibility index (Phi) is 2.63. The maximum Gasteiger partial charge on any atom is 0.144 e. The molecule has 4 heteroatoms. The minimum atomic E-state index is -0.157. The lowest BCUT2D eigenvalue weighted by atomic mass is 9.99. The molecule has 0 amide bonds. The molecule has 0 aromatic carbocycles. The van der Waals surface area contributed by atoms with Crippen molar-refractivity contribution in [3.8, 4) is 0 Å². The quantitative estimate of drug-likeness (QED) is 0.757. The maximum atomic E-state index is 9.37. The third-order valence-corrected chi connectivity index (χ3v) is 2.82. The van der Waals surface area contributed by atoms with Crippen LogP contribution in [0.4, 0.5) is 5.82 Å². The van der Waals surface area contributed by atoms with Gasteiger partial charge in [-0.1, -0.05) is 12.8 Å². The van der Waals surface area contributed by atoms with Crippen molar-refractivity contribution in [3.05, 3.63) is 18.6 Å². The molecule has 0 spiro atoms. The van der Waals surface area contributed by atoms with Crippen LogP contribution in [-0.4, -0.2) is 27.2 Å². The maximum absolute atomic E-state index is 9.37. The molecular weight excluding hydrogens is 178 g/mol. The van der Waals surface area contributed by atoms with Crippen molar-refractivity contribution in [2.75, 3.05) is 11.9 Å². The van der Waals surface area contributed by atoms with Gasteiger partial charge in [0.15, 0.2) is 0 Å². The molecule has 1 heterocycles. The standard InChI is InChI=1S/C10H15N3O/c14-8-10(3-1-2-4-10)13-9-7-11-5-6-12-9/h5-7,14H,1-4,8H2,(H,12,13). The van der Waals surface area contributed by atoms with E-state index in [4.69, 9.17) is 0 Å². The van der Waals surface area contributed by atoms with Crippen LogP contribution < -0.4 is 5.32 Å². The third-order valence-electron chi connectivity index (χ3n) is 2.82. The minimum absolute atomic E-state index is 0.157. The number of hydrogen-bond donors (Lipinski definition) is 2. The molecular formula is C10H15N3O. The van der Waals surface area contributed by atoms with Gasteiger partial charge < -0.3 is 10.4 Å². The van der Waals surface area contributed by atoms with Crippen LogP contribution in [0.1, 0.15) is 25.7 Å². The highest BCUT2D eigenvalue weighted by molar-refractivity contribution is 5.35. The second kappa shape index (κ2) is 3.92. The summed E-state index contributed by atoms with van der Waals surface area (Å²) in [6.45, 7) is 0.170. The van der Waals surface area contributed by atoms with Crippen molar-refractivity contribution in [1.29, 1.82) is 0 Å². The number of nitrogens with zero attached hydrogens (tertiary/aromatic N) is 2. The van der Waals surface area contributed by atoms with Crippen molar-refractivity contribution in [3.63, 3.8) is 0 Å². The predicted octanol–water partition coefficient (Wildman–Crippen LogP) is 1.19. The molecule has 1 aromatic heterocycles. The van der Waals surface area contributed by atoms with Crippen LogP contribution in [0, 0.1) is 0 Å². The zero-order valence-corrected chi connectivity index (χ0v) is 8.11. The first-order valence-corrected chi connectivity index (χ1v) is 5.00. The first-order valence-electron chi connectivity index (χ1n) is 5.00.